The highest BCUT2D eigenvalue weighted by Gasteiger charge is 2.29. The summed E-state index contributed by atoms with van der Waals surface area (Å²) in [5.41, 5.74) is 6.34. The molecule has 2 atom stereocenters. The van der Waals surface area contributed by atoms with Crippen molar-refractivity contribution >= 4 is 23.6 Å². The Morgan fingerprint density at radius 3 is 2.03 bits per heavy atom. The minimum absolute atomic E-state index is 0.166. The summed E-state index contributed by atoms with van der Waals surface area (Å²) in [5.74, 6) is -1.42. The molecule has 3 N–H and O–H groups in total. The SMILES string of the molecule is CCC(=O)N(C)[C@@H](Cc1ccccc1)C(=O)NCC(=O)N(C)[C@@H](CC(C)C)C(N)=O. The van der Waals surface area contributed by atoms with Crippen LogP contribution >= 0.6 is 0 Å². The number of carbonyl (C=O) groups is 4. The summed E-state index contributed by atoms with van der Waals surface area (Å²) >= 11 is 0. The molecular weight excluding hydrogens is 384 g/mol. The predicted octanol–water partition coefficient (Wildman–Crippen LogP) is 0.941. The zero-order valence-corrected chi connectivity index (χ0v) is 18.6. The first kappa shape index (κ1) is 25.1. The van der Waals surface area contributed by atoms with E-state index in [0.717, 1.165) is 5.56 Å². The summed E-state index contributed by atoms with van der Waals surface area (Å²) in [4.78, 5) is 52.0. The van der Waals surface area contributed by atoms with Crippen LogP contribution in [0.5, 0.6) is 0 Å². The summed E-state index contributed by atoms with van der Waals surface area (Å²) in [7, 11) is 3.08. The molecule has 1 aromatic rings. The van der Waals surface area contributed by atoms with E-state index in [1.54, 1.807) is 14.0 Å². The van der Waals surface area contributed by atoms with Crippen molar-refractivity contribution in [3.63, 3.8) is 0 Å². The van der Waals surface area contributed by atoms with Gasteiger partial charge in [0.25, 0.3) is 0 Å². The zero-order chi connectivity index (χ0) is 22.8. The highest BCUT2D eigenvalue weighted by Crippen LogP contribution is 2.11. The molecule has 0 aliphatic carbocycles. The molecule has 0 aliphatic heterocycles. The summed E-state index contributed by atoms with van der Waals surface area (Å²) < 4.78 is 0. The van der Waals surface area contributed by atoms with E-state index in [2.05, 4.69) is 5.32 Å². The zero-order valence-electron chi connectivity index (χ0n) is 18.6. The number of likely N-dealkylation sites (N-methyl/N-ethyl adjacent to an activating group) is 2. The van der Waals surface area contributed by atoms with Gasteiger partial charge in [-0.05, 0) is 17.9 Å². The van der Waals surface area contributed by atoms with Gasteiger partial charge in [0.05, 0.1) is 6.54 Å². The van der Waals surface area contributed by atoms with Gasteiger partial charge >= 0.3 is 0 Å². The molecule has 1 aromatic carbocycles. The topological polar surface area (TPSA) is 113 Å². The molecule has 0 fully saturated rings. The van der Waals surface area contributed by atoms with E-state index in [1.807, 2.05) is 44.2 Å². The van der Waals surface area contributed by atoms with Crippen LogP contribution in [0.4, 0.5) is 0 Å². The lowest BCUT2D eigenvalue weighted by Crippen LogP contribution is -2.53. The van der Waals surface area contributed by atoms with Crippen LogP contribution in [-0.4, -0.2) is 66.2 Å². The van der Waals surface area contributed by atoms with Crippen LogP contribution in [0.15, 0.2) is 30.3 Å². The Balaban J connectivity index is 2.86. The molecular formula is C22H34N4O4. The number of primary amides is 1. The number of amides is 4. The van der Waals surface area contributed by atoms with Crippen LogP contribution in [-0.2, 0) is 25.6 Å². The smallest absolute Gasteiger partial charge is 0.243 e. The lowest BCUT2D eigenvalue weighted by Gasteiger charge is -2.29. The fourth-order valence-electron chi connectivity index (χ4n) is 3.16. The molecule has 8 nitrogen and oxygen atoms in total. The first-order valence-electron chi connectivity index (χ1n) is 10.2. The van der Waals surface area contributed by atoms with Gasteiger partial charge in [-0.3, -0.25) is 19.2 Å². The maximum Gasteiger partial charge on any atom is 0.243 e. The van der Waals surface area contributed by atoms with Gasteiger partial charge in [0.15, 0.2) is 0 Å². The third-order valence-electron chi connectivity index (χ3n) is 5.04. The molecule has 0 saturated carbocycles. The van der Waals surface area contributed by atoms with E-state index in [-0.39, 0.29) is 24.8 Å². The van der Waals surface area contributed by atoms with Crippen molar-refractivity contribution in [2.24, 2.45) is 11.7 Å². The van der Waals surface area contributed by atoms with Gasteiger partial charge in [-0.15, -0.1) is 0 Å². The van der Waals surface area contributed by atoms with Crippen molar-refractivity contribution in [2.45, 2.75) is 52.1 Å². The second-order valence-electron chi connectivity index (χ2n) is 7.83. The maximum atomic E-state index is 12.9. The Bertz CT molecular complexity index is 736. The van der Waals surface area contributed by atoms with Gasteiger partial charge in [0.1, 0.15) is 12.1 Å². The number of nitrogens with zero attached hydrogens (tertiary/aromatic N) is 2. The van der Waals surface area contributed by atoms with Crippen molar-refractivity contribution in [2.75, 3.05) is 20.6 Å². The first-order chi connectivity index (χ1) is 14.1. The van der Waals surface area contributed by atoms with Crippen molar-refractivity contribution in [3.8, 4) is 0 Å². The van der Waals surface area contributed by atoms with Crippen LogP contribution in [0.2, 0.25) is 0 Å². The average Bonchev–Trinajstić information content (AvgIpc) is 2.72. The van der Waals surface area contributed by atoms with Crippen LogP contribution in [0.1, 0.15) is 39.2 Å². The molecule has 8 heteroatoms. The summed E-state index contributed by atoms with van der Waals surface area (Å²) in [5, 5.41) is 2.61. The molecule has 0 radical (unpaired) electrons. The Labute approximate surface area is 178 Å². The number of nitrogens with one attached hydrogen (secondary N) is 1. The monoisotopic (exact) mass is 418 g/mol. The highest BCUT2D eigenvalue weighted by atomic mass is 16.2. The molecule has 0 unspecified atom stereocenters. The summed E-state index contributed by atoms with van der Waals surface area (Å²) in [6.45, 7) is 5.32. The van der Waals surface area contributed by atoms with Crippen molar-refractivity contribution < 1.29 is 19.2 Å². The average molecular weight is 419 g/mol. The second kappa shape index (κ2) is 11.9. The van der Waals surface area contributed by atoms with E-state index in [0.29, 0.717) is 12.8 Å². The standard InChI is InChI=1S/C22H34N4O4/c1-6-19(27)26(5)18(13-16-10-8-7-9-11-16)22(30)24-14-20(28)25(4)17(21(23)29)12-15(2)3/h7-11,15,17-18H,6,12-14H2,1-5H3,(H2,23,29)(H,24,30)/t17-,18-/m0/s1. The number of carbonyl (C=O) groups excluding carboxylic acids is 4. The lowest BCUT2D eigenvalue weighted by molar-refractivity contribution is -0.141. The molecule has 0 heterocycles. The third kappa shape index (κ3) is 7.50. The lowest BCUT2D eigenvalue weighted by atomic mass is 10.0. The Morgan fingerprint density at radius 2 is 1.53 bits per heavy atom. The largest absolute Gasteiger partial charge is 0.368 e. The second-order valence-corrected chi connectivity index (χ2v) is 7.83. The van der Waals surface area contributed by atoms with Gasteiger partial charge in [0.2, 0.25) is 23.6 Å². The fourth-order valence-corrected chi connectivity index (χ4v) is 3.16. The van der Waals surface area contributed by atoms with Gasteiger partial charge in [-0.25, -0.2) is 0 Å². The van der Waals surface area contributed by atoms with Crippen molar-refractivity contribution in [1.82, 2.24) is 15.1 Å². The predicted molar refractivity (Wildman–Crippen MR) is 115 cm³/mol. The molecule has 166 valence electrons. The molecule has 4 amide bonds. The van der Waals surface area contributed by atoms with Gasteiger partial charge < -0.3 is 20.9 Å². The molecule has 0 aliphatic rings. The van der Waals surface area contributed by atoms with Crippen molar-refractivity contribution in [1.29, 1.82) is 0 Å². The van der Waals surface area contributed by atoms with Crippen LogP contribution in [0, 0.1) is 5.92 Å². The number of rotatable bonds is 11. The number of benzene rings is 1. The van der Waals surface area contributed by atoms with E-state index in [9.17, 15) is 19.2 Å². The van der Waals surface area contributed by atoms with Crippen molar-refractivity contribution in [3.05, 3.63) is 35.9 Å². The molecule has 0 spiro atoms. The summed E-state index contributed by atoms with van der Waals surface area (Å²) in [6.07, 6.45) is 1.04. The Hall–Kier alpha value is -2.90. The van der Waals surface area contributed by atoms with E-state index >= 15 is 0 Å². The molecule has 1 rings (SSSR count). The third-order valence-corrected chi connectivity index (χ3v) is 5.04. The molecule has 30 heavy (non-hydrogen) atoms. The molecule has 0 aromatic heterocycles. The highest BCUT2D eigenvalue weighted by molar-refractivity contribution is 5.92. The number of nitrogens with two attached hydrogens (primary N) is 1. The van der Waals surface area contributed by atoms with Crippen LogP contribution in [0.3, 0.4) is 0 Å². The van der Waals surface area contributed by atoms with E-state index in [4.69, 9.17) is 5.73 Å². The number of hydrogen-bond acceptors (Lipinski definition) is 4. The molecule has 0 bridgehead atoms. The Kier molecular flexibility index (Phi) is 10.0. The minimum Gasteiger partial charge on any atom is -0.368 e. The van der Waals surface area contributed by atoms with Gasteiger partial charge in [-0.2, -0.15) is 0 Å². The minimum atomic E-state index is -0.749. The first-order valence-corrected chi connectivity index (χ1v) is 10.2. The number of hydrogen-bond donors (Lipinski definition) is 2. The molecule has 0 saturated heterocycles. The van der Waals surface area contributed by atoms with Crippen LogP contribution in [0.25, 0.3) is 0 Å². The fraction of sp³-hybridized carbons (Fsp3) is 0.545. The quantitative estimate of drug-likeness (QED) is 0.557. The van der Waals surface area contributed by atoms with Crippen LogP contribution < -0.4 is 11.1 Å². The van der Waals surface area contributed by atoms with Gasteiger partial charge in [-0.1, -0.05) is 51.1 Å². The normalized spacial score (nSPS) is 12.7. The van der Waals surface area contributed by atoms with E-state index < -0.39 is 29.8 Å². The Morgan fingerprint density at radius 1 is 0.967 bits per heavy atom. The maximum absolute atomic E-state index is 12.9. The summed E-state index contributed by atoms with van der Waals surface area (Å²) in [6, 6.07) is 7.88. The van der Waals surface area contributed by atoms with E-state index in [1.165, 1.54) is 16.8 Å². The van der Waals surface area contributed by atoms with Gasteiger partial charge in [0, 0.05) is 26.9 Å².